The summed E-state index contributed by atoms with van der Waals surface area (Å²) in [4.78, 5) is 31.5. The molecule has 1 N–H and O–H groups in total. The van der Waals surface area contributed by atoms with Gasteiger partial charge in [-0.25, -0.2) is 4.98 Å². The SMILES string of the molecule is O=CN1CCN(c2ccc(C(=O)Nc3ccc4c(c3)OCCO4)cn2)CC1. The maximum Gasteiger partial charge on any atom is 0.257 e. The lowest BCUT2D eigenvalue weighted by Crippen LogP contribution is -2.46. The monoisotopic (exact) mass is 368 g/mol. The number of rotatable bonds is 4. The maximum atomic E-state index is 12.5. The number of piperazine rings is 1. The first-order valence-electron chi connectivity index (χ1n) is 8.84. The fourth-order valence-electron chi connectivity index (χ4n) is 3.09. The molecule has 3 heterocycles. The van der Waals surface area contributed by atoms with Crippen molar-refractivity contribution in [3.8, 4) is 11.5 Å². The second-order valence-corrected chi connectivity index (χ2v) is 6.35. The highest BCUT2D eigenvalue weighted by molar-refractivity contribution is 6.04. The van der Waals surface area contributed by atoms with Gasteiger partial charge in [-0.05, 0) is 24.3 Å². The van der Waals surface area contributed by atoms with Gasteiger partial charge < -0.3 is 24.6 Å². The molecule has 2 amide bonds. The lowest BCUT2D eigenvalue weighted by Gasteiger charge is -2.33. The Balaban J connectivity index is 1.40. The molecule has 0 radical (unpaired) electrons. The molecule has 4 rings (SSSR count). The molecule has 140 valence electrons. The molecule has 2 aliphatic heterocycles. The number of carbonyl (C=O) groups is 2. The van der Waals surface area contributed by atoms with Gasteiger partial charge in [0.1, 0.15) is 19.0 Å². The Morgan fingerprint density at radius 1 is 1.04 bits per heavy atom. The maximum absolute atomic E-state index is 12.5. The van der Waals surface area contributed by atoms with Gasteiger partial charge in [-0.3, -0.25) is 9.59 Å². The molecule has 2 aliphatic rings. The number of hydrogen-bond acceptors (Lipinski definition) is 6. The lowest BCUT2D eigenvalue weighted by molar-refractivity contribution is -0.118. The summed E-state index contributed by atoms with van der Waals surface area (Å²) in [5.74, 6) is 1.87. The van der Waals surface area contributed by atoms with Crippen LogP contribution in [0.3, 0.4) is 0 Å². The Morgan fingerprint density at radius 2 is 1.81 bits per heavy atom. The number of ether oxygens (including phenoxy) is 2. The predicted molar refractivity (Wildman–Crippen MR) is 99.5 cm³/mol. The van der Waals surface area contributed by atoms with Crippen LogP contribution in [0.4, 0.5) is 11.5 Å². The Bertz CT molecular complexity index is 832. The molecule has 0 spiro atoms. The van der Waals surface area contributed by atoms with E-state index in [4.69, 9.17) is 9.47 Å². The lowest BCUT2D eigenvalue weighted by atomic mass is 10.2. The van der Waals surface area contributed by atoms with Crippen molar-refractivity contribution in [2.75, 3.05) is 49.6 Å². The van der Waals surface area contributed by atoms with Gasteiger partial charge in [0.05, 0.1) is 5.56 Å². The summed E-state index contributed by atoms with van der Waals surface area (Å²) in [5, 5.41) is 2.85. The van der Waals surface area contributed by atoms with Crippen molar-refractivity contribution in [1.29, 1.82) is 0 Å². The van der Waals surface area contributed by atoms with Crippen LogP contribution in [-0.4, -0.2) is 61.6 Å². The average Bonchev–Trinajstić information content (AvgIpc) is 2.74. The highest BCUT2D eigenvalue weighted by Crippen LogP contribution is 2.32. The summed E-state index contributed by atoms with van der Waals surface area (Å²) in [5.41, 5.74) is 1.11. The van der Waals surface area contributed by atoms with Gasteiger partial charge in [0.25, 0.3) is 5.91 Å². The van der Waals surface area contributed by atoms with E-state index in [0.717, 1.165) is 25.3 Å². The van der Waals surface area contributed by atoms with E-state index in [-0.39, 0.29) is 5.91 Å². The number of aromatic nitrogens is 1. The quantitative estimate of drug-likeness (QED) is 0.821. The molecule has 27 heavy (non-hydrogen) atoms. The van der Waals surface area contributed by atoms with Gasteiger partial charge in [-0.2, -0.15) is 0 Å². The highest BCUT2D eigenvalue weighted by Gasteiger charge is 2.17. The molecule has 2 aromatic rings. The van der Waals surface area contributed by atoms with Crippen LogP contribution < -0.4 is 19.7 Å². The van der Waals surface area contributed by atoms with Crippen LogP contribution in [0.25, 0.3) is 0 Å². The van der Waals surface area contributed by atoms with Crippen LogP contribution in [0.2, 0.25) is 0 Å². The third-order valence-electron chi connectivity index (χ3n) is 4.60. The third kappa shape index (κ3) is 3.79. The Kier molecular flexibility index (Phi) is 4.78. The van der Waals surface area contributed by atoms with E-state index in [1.165, 1.54) is 0 Å². The highest BCUT2D eigenvalue weighted by atomic mass is 16.6. The second-order valence-electron chi connectivity index (χ2n) is 6.35. The van der Waals surface area contributed by atoms with E-state index in [2.05, 4.69) is 15.2 Å². The number of amides is 2. The van der Waals surface area contributed by atoms with Crippen molar-refractivity contribution in [3.05, 3.63) is 42.1 Å². The van der Waals surface area contributed by atoms with Crippen molar-refractivity contribution in [3.63, 3.8) is 0 Å². The molecule has 1 aromatic heterocycles. The molecule has 0 atom stereocenters. The largest absolute Gasteiger partial charge is 0.486 e. The minimum absolute atomic E-state index is 0.239. The van der Waals surface area contributed by atoms with E-state index < -0.39 is 0 Å². The number of anilines is 2. The molecular weight excluding hydrogens is 348 g/mol. The minimum atomic E-state index is -0.239. The molecule has 1 saturated heterocycles. The molecule has 0 aliphatic carbocycles. The Hall–Kier alpha value is -3.29. The first-order chi connectivity index (χ1) is 13.2. The van der Waals surface area contributed by atoms with Gasteiger partial charge in [0.2, 0.25) is 6.41 Å². The van der Waals surface area contributed by atoms with Gasteiger partial charge in [0.15, 0.2) is 11.5 Å². The first kappa shape index (κ1) is 17.1. The fraction of sp³-hybridized carbons (Fsp3) is 0.316. The van der Waals surface area contributed by atoms with Crippen molar-refractivity contribution in [2.45, 2.75) is 0 Å². The number of hydrogen-bond donors (Lipinski definition) is 1. The number of fused-ring (bicyclic) bond motifs is 1. The third-order valence-corrected chi connectivity index (χ3v) is 4.60. The number of nitrogens with one attached hydrogen (secondary N) is 1. The normalized spacial score (nSPS) is 16.0. The molecular formula is C19H20N4O4. The molecule has 0 saturated carbocycles. The van der Waals surface area contributed by atoms with E-state index >= 15 is 0 Å². The topological polar surface area (TPSA) is 84.0 Å². The van der Waals surface area contributed by atoms with E-state index in [9.17, 15) is 9.59 Å². The summed E-state index contributed by atoms with van der Waals surface area (Å²) in [6.07, 6.45) is 2.44. The van der Waals surface area contributed by atoms with Crippen LogP contribution in [0.15, 0.2) is 36.5 Å². The minimum Gasteiger partial charge on any atom is -0.486 e. The van der Waals surface area contributed by atoms with Gasteiger partial charge >= 0.3 is 0 Å². The van der Waals surface area contributed by atoms with Crippen LogP contribution in [-0.2, 0) is 4.79 Å². The van der Waals surface area contributed by atoms with Gasteiger partial charge in [0, 0.05) is 44.1 Å². The standard InChI is InChI=1S/C19H20N4O4/c24-13-22-5-7-23(8-6-22)18-4-1-14(12-20-18)19(25)21-15-2-3-16-17(11-15)27-10-9-26-16/h1-4,11-13H,5-10H2,(H,21,25). The fourth-order valence-corrected chi connectivity index (χ4v) is 3.09. The molecule has 8 nitrogen and oxygen atoms in total. The summed E-state index contributed by atoms with van der Waals surface area (Å²) in [6, 6.07) is 8.89. The molecule has 0 bridgehead atoms. The predicted octanol–water partition coefficient (Wildman–Crippen LogP) is 1.38. The number of pyridine rings is 1. The smallest absolute Gasteiger partial charge is 0.257 e. The average molecular weight is 368 g/mol. The van der Waals surface area contributed by atoms with Crippen LogP contribution in [0.5, 0.6) is 11.5 Å². The number of benzene rings is 1. The first-order valence-corrected chi connectivity index (χ1v) is 8.84. The summed E-state index contributed by atoms with van der Waals surface area (Å²) in [7, 11) is 0. The molecule has 1 aromatic carbocycles. The zero-order valence-corrected chi connectivity index (χ0v) is 14.8. The van der Waals surface area contributed by atoms with Crippen molar-refractivity contribution >= 4 is 23.8 Å². The number of carbonyl (C=O) groups excluding carboxylic acids is 2. The van der Waals surface area contributed by atoms with Crippen LogP contribution in [0.1, 0.15) is 10.4 Å². The van der Waals surface area contributed by atoms with Crippen molar-refractivity contribution in [2.24, 2.45) is 0 Å². The van der Waals surface area contributed by atoms with Gasteiger partial charge in [-0.1, -0.05) is 0 Å². The molecule has 8 heteroatoms. The summed E-state index contributed by atoms with van der Waals surface area (Å²) < 4.78 is 11.0. The second kappa shape index (κ2) is 7.53. The summed E-state index contributed by atoms with van der Waals surface area (Å²) >= 11 is 0. The molecule has 0 unspecified atom stereocenters. The van der Waals surface area contributed by atoms with E-state index in [1.807, 2.05) is 6.07 Å². The summed E-state index contributed by atoms with van der Waals surface area (Å²) in [6.45, 7) is 3.84. The van der Waals surface area contributed by atoms with Crippen molar-refractivity contribution < 1.29 is 19.1 Å². The van der Waals surface area contributed by atoms with Gasteiger partial charge in [-0.15, -0.1) is 0 Å². The Labute approximate surface area is 156 Å². The molecule has 1 fully saturated rings. The number of nitrogens with zero attached hydrogens (tertiary/aromatic N) is 3. The zero-order valence-electron chi connectivity index (χ0n) is 14.8. The Morgan fingerprint density at radius 3 is 2.52 bits per heavy atom. The zero-order chi connectivity index (χ0) is 18.6. The van der Waals surface area contributed by atoms with E-state index in [0.29, 0.717) is 49.1 Å². The van der Waals surface area contributed by atoms with E-state index in [1.54, 1.807) is 35.4 Å². The van der Waals surface area contributed by atoms with Crippen LogP contribution >= 0.6 is 0 Å². The van der Waals surface area contributed by atoms with Crippen molar-refractivity contribution in [1.82, 2.24) is 9.88 Å². The van der Waals surface area contributed by atoms with Crippen LogP contribution in [0, 0.1) is 0 Å².